The van der Waals surface area contributed by atoms with Gasteiger partial charge in [-0.05, 0) is 6.92 Å². The molecular weight excluding hydrogens is 366 g/mol. The predicted molar refractivity (Wildman–Crippen MR) is 36.2 cm³/mol. The van der Waals surface area contributed by atoms with Gasteiger partial charge in [0, 0.05) is 6.61 Å². The molecule has 0 aromatic rings. The van der Waals surface area contributed by atoms with Crippen molar-refractivity contribution >= 4 is 37.7 Å². The van der Waals surface area contributed by atoms with E-state index in [0.29, 0.717) is 0 Å². The van der Waals surface area contributed by atoms with E-state index in [1.165, 1.54) is 0 Å². The average molecular weight is 372 g/mol. The monoisotopic (exact) mass is 370 g/mol. The van der Waals surface area contributed by atoms with Crippen LogP contribution in [0.1, 0.15) is 6.92 Å². The van der Waals surface area contributed by atoms with Crippen molar-refractivity contribution in [3.05, 3.63) is 0 Å². The Hall–Kier alpha value is 1.81. The zero-order chi connectivity index (χ0) is 7.21. The summed E-state index contributed by atoms with van der Waals surface area (Å²) < 4.78 is 0. The van der Waals surface area contributed by atoms with Gasteiger partial charge in [0.2, 0.25) is 0 Å². The molecule has 0 saturated heterocycles. The standard InChI is InChI=1S/C2H6O.4ClH.W/c1-2-3;;;;;/h3H,2H2,1H3;4*1H;/q;;;;;+4/p-4. The molecule has 0 fully saturated rings. The Morgan fingerprint density at radius 2 is 1.25 bits per heavy atom. The van der Waals surface area contributed by atoms with E-state index in [2.05, 4.69) is 0 Å². The van der Waals surface area contributed by atoms with E-state index in [1.54, 1.807) is 6.92 Å². The Bertz CT molecular complexity index is 37.8. The van der Waals surface area contributed by atoms with Gasteiger partial charge in [0.05, 0.1) is 0 Å². The molecule has 0 heterocycles. The van der Waals surface area contributed by atoms with Crippen molar-refractivity contribution in [2.45, 2.75) is 6.92 Å². The molecule has 6 heteroatoms. The molecule has 0 unspecified atom stereocenters. The summed E-state index contributed by atoms with van der Waals surface area (Å²) in [4.78, 5) is 0. The van der Waals surface area contributed by atoms with Crippen molar-refractivity contribution in [3.8, 4) is 0 Å². The van der Waals surface area contributed by atoms with Gasteiger partial charge in [-0.3, -0.25) is 0 Å². The zero-order valence-electron chi connectivity index (χ0n) is 4.07. The van der Waals surface area contributed by atoms with Gasteiger partial charge in [0.1, 0.15) is 0 Å². The predicted octanol–water partition coefficient (Wildman–Crippen LogP) is 2.75. The first-order valence-corrected chi connectivity index (χ1v) is 16.2. The van der Waals surface area contributed by atoms with Gasteiger partial charge in [-0.1, -0.05) is 0 Å². The Morgan fingerprint density at radius 1 is 1.25 bits per heavy atom. The van der Waals surface area contributed by atoms with E-state index >= 15 is 0 Å². The molecule has 1 N–H and O–H groups in total. The van der Waals surface area contributed by atoms with E-state index in [9.17, 15) is 0 Å². The minimum absolute atomic E-state index is 0.250. The van der Waals surface area contributed by atoms with Crippen LogP contribution in [0.3, 0.4) is 0 Å². The summed E-state index contributed by atoms with van der Waals surface area (Å²) in [5.74, 6) is 0. The van der Waals surface area contributed by atoms with Crippen molar-refractivity contribution in [2.75, 3.05) is 6.61 Å². The van der Waals surface area contributed by atoms with Crippen LogP contribution in [0.15, 0.2) is 0 Å². The maximum atomic E-state index is 7.57. The first-order valence-electron chi connectivity index (χ1n) is 1.64. The van der Waals surface area contributed by atoms with Gasteiger partial charge in [-0.25, -0.2) is 0 Å². The fourth-order valence-electron chi connectivity index (χ4n) is 0. The summed E-state index contributed by atoms with van der Waals surface area (Å²) in [5, 5.41) is 7.57. The number of hydrogen-bond acceptors (Lipinski definition) is 1. The summed E-state index contributed by atoms with van der Waals surface area (Å²) in [6.07, 6.45) is 0. The molecule has 0 spiro atoms. The van der Waals surface area contributed by atoms with Gasteiger partial charge in [-0.2, -0.15) is 0 Å². The van der Waals surface area contributed by atoms with E-state index in [-0.39, 0.29) is 6.61 Å². The number of rotatable bonds is 0. The van der Waals surface area contributed by atoms with Crippen molar-refractivity contribution in [1.82, 2.24) is 0 Å². The average Bonchev–Trinajstić information content (AvgIpc) is 1.27. The van der Waals surface area contributed by atoms with E-state index in [0.717, 1.165) is 0 Å². The molecule has 0 saturated carbocycles. The third-order valence-corrected chi connectivity index (χ3v) is 0. The fraction of sp³-hybridized carbons (Fsp3) is 1.00. The topological polar surface area (TPSA) is 20.2 Å². The Kier molecular flexibility index (Phi) is 10.8. The Morgan fingerprint density at radius 3 is 1.25 bits per heavy atom. The Balaban J connectivity index is 0. The maximum absolute atomic E-state index is 7.57. The molecule has 0 bridgehead atoms. The summed E-state index contributed by atoms with van der Waals surface area (Å²) in [6, 6.07) is 0. The summed E-state index contributed by atoms with van der Waals surface area (Å²) in [5.41, 5.74) is 0. The van der Waals surface area contributed by atoms with E-state index < -0.39 is 11.9 Å². The number of aliphatic hydroxyl groups is 1. The van der Waals surface area contributed by atoms with Crippen LogP contribution >= 0.6 is 37.7 Å². The van der Waals surface area contributed by atoms with Crippen molar-refractivity contribution < 1.29 is 17.0 Å². The van der Waals surface area contributed by atoms with Crippen molar-refractivity contribution in [1.29, 1.82) is 0 Å². The molecule has 0 rings (SSSR count). The first-order chi connectivity index (χ1) is 3.41. The third kappa shape index (κ3) is 111. The van der Waals surface area contributed by atoms with Crippen molar-refractivity contribution in [3.63, 3.8) is 0 Å². The number of hydrogen-bond donors (Lipinski definition) is 1. The molecule has 0 atom stereocenters. The second kappa shape index (κ2) is 6.92. The molecule has 0 amide bonds. The molecule has 8 heavy (non-hydrogen) atoms. The van der Waals surface area contributed by atoms with Crippen LogP contribution in [0.5, 0.6) is 0 Å². The first kappa shape index (κ1) is 12.5. The number of aliphatic hydroxyl groups excluding tert-OH is 1. The molecule has 0 radical (unpaired) electrons. The van der Waals surface area contributed by atoms with E-state index in [4.69, 9.17) is 42.8 Å². The van der Waals surface area contributed by atoms with Crippen LogP contribution in [-0.4, -0.2) is 11.7 Å². The second-order valence-corrected chi connectivity index (χ2v) is 26.1. The van der Waals surface area contributed by atoms with E-state index in [1.807, 2.05) is 0 Å². The molecule has 54 valence electrons. The molecular formula is C2H6Cl4OW. The molecule has 0 aliphatic carbocycles. The summed E-state index contributed by atoms with van der Waals surface area (Å²) in [7, 11) is 20.1. The normalized spacial score (nSPS) is 11.8. The molecule has 0 aliphatic rings. The fourth-order valence-corrected chi connectivity index (χ4v) is 0. The summed E-state index contributed by atoms with van der Waals surface area (Å²) >= 11 is -3.28. The van der Waals surface area contributed by atoms with Crippen LogP contribution in [0, 0.1) is 0 Å². The Labute approximate surface area is 67.8 Å². The van der Waals surface area contributed by atoms with Crippen LogP contribution in [0.2, 0.25) is 0 Å². The van der Waals surface area contributed by atoms with Crippen LogP contribution in [0.25, 0.3) is 0 Å². The quantitative estimate of drug-likeness (QED) is 0.694. The molecule has 1 nitrogen and oxygen atoms in total. The van der Waals surface area contributed by atoms with Crippen LogP contribution in [0.4, 0.5) is 0 Å². The zero-order valence-corrected chi connectivity index (χ0v) is 10.0. The molecule has 0 aromatic heterocycles. The summed E-state index contributed by atoms with van der Waals surface area (Å²) in [6.45, 7) is 1.93. The van der Waals surface area contributed by atoms with Gasteiger partial charge < -0.3 is 5.11 Å². The van der Waals surface area contributed by atoms with Gasteiger partial charge in [0.25, 0.3) is 0 Å². The van der Waals surface area contributed by atoms with Gasteiger partial charge in [0.15, 0.2) is 0 Å². The van der Waals surface area contributed by atoms with Gasteiger partial charge >= 0.3 is 49.6 Å². The van der Waals surface area contributed by atoms with Crippen molar-refractivity contribution in [2.24, 2.45) is 0 Å². The van der Waals surface area contributed by atoms with Crippen LogP contribution < -0.4 is 0 Å². The molecule has 0 aliphatic heterocycles. The third-order valence-electron chi connectivity index (χ3n) is 0. The SMILES string of the molecule is CCO.[Cl][W]([Cl])([Cl])[Cl]. The second-order valence-electron chi connectivity index (χ2n) is 0.666. The molecule has 0 aromatic carbocycles. The minimum atomic E-state index is -3.28. The van der Waals surface area contributed by atoms with Gasteiger partial charge in [-0.15, -0.1) is 0 Å². The number of halogens is 4. The van der Waals surface area contributed by atoms with Crippen LogP contribution in [-0.2, 0) is 11.9 Å².